The first-order valence-electron chi connectivity index (χ1n) is 7.08. The van der Waals surface area contributed by atoms with Crippen LogP contribution in [0, 0.1) is 5.92 Å². The largest absolute Gasteiger partial charge is 0.454 e. The van der Waals surface area contributed by atoms with Crippen LogP contribution < -0.4 is 14.8 Å². The van der Waals surface area contributed by atoms with E-state index in [1.807, 2.05) is 12.1 Å². The molecular weight excluding hydrogens is 258 g/mol. The first-order valence-corrected chi connectivity index (χ1v) is 7.08. The molecule has 0 radical (unpaired) electrons. The van der Waals surface area contributed by atoms with E-state index in [1.165, 1.54) is 0 Å². The monoisotopic (exact) mass is 277 g/mol. The molecule has 5 heteroatoms. The van der Waals surface area contributed by atoms with Crippen molar-refractivity contribution in [3.63, 3.8) is 0 Å². The zero-order valence-corrected chi connectivity index (χ0v) is 11.4. The quantitative estimate of drug-likeness (QED) is 0.919. The highest BCUT2D eigenvalue weighted by atomic mass is 16.7. The zero-order valence-electron chi connectivity index (χ0n) is 11.4. The highest BCUT2D eigenvalue weighted by Gasteiger charge is 2.16. The smallest absolute Gasteiger partial charge is 0.231 e. The molecule has 1 amide bonds. The summed E-state index contributed by atoms with van der Waals surface area (Å²) in [4.78, 5) is 11.9. The van der Waals surface area contributed by atoms with Gasteiger partial charge in [0.2, 0.25) is 12.7 Å². The molecule has 1 fully saturated rings. The Morgan fingerprint density at radius 3 is 2.85 bits per heavy atom. The molecule has 1 aromatic rings. The number of anilines is 1. The molecule has 0 spiro atoms. The van der Waals surface area contributed by atoms with Gasteiger partial charge < -0.3 is 19.5 Å². The van der Waals surface area contributed by atoms with Gasteiger partial charge in [0, 0.05) is 31.4 Å². The topological polar surface area (TPSA) is 56.8 Å². The van der Waals surface area contributed by atoms with Crippen molar-refractivity contribution in [2.24, 2.45) is 5.92 Å². The third-order valence-corrected chi connectivity index (χ3v) is 3.78. The first-order chi connectivity index (χ1) is 9.81. The highest BCUT2D eigenvalue weighted by molar-refractivity contribution is 5.91. The van der Waals surface area contributed by atoms with E-state index in [2.05, 4.69) is 5.32 Å². The average Bonchev–Trinajstić information content (AvgIpc) is 2.94. The third kappa shape index (κ3) is 3.22. The van der Waals surface area contributed by atoms with Crippen LogP contribution in [-0.4, -0.2) is 25.9 Å². The second-order valence-corrected chi connectivity index (χ2v) is 5.21. The summed E-state index contributed by atoms with van der Waals surface area (Å²) in [6.45, 7) is 1.90. The SMILES string of the molecule is O=C(CCC1CCOCC1)Nc1ccc2c(c1)OCO2. The van der Waals surface area contributed by atoms with Crippen molar-refractivity contribution >= 4 is 11.6 Å². The Hall–Kier alpha value is -1.75. The molecule has 2 heterocycles. The van der Waals surface area contributed by atoms with Crippen LogP contribution in [0.4, 0.5) is 5.69 Å². The summed E-state index contributed by atoms with van der Waals surface area (Å²) in [5.74, 6) is 2.08. The van der Waals surface area contributed by atoms with Crippen molar-refractivity contribution in [2.75, 3.05) is 25.3 Å². The molecule has 0 bridgehead atoms. The summed E-state index contributed by atoms with van der Waals surface area (Å²) in [5.41, 5.74) is 0.756. The normalized spacial score (nSPS) is 18.0. The van der Waals surface area contributed by atoms with Crippen molar-refractivity contribution in [3.8, 4) is 11.5 Å². The van der Waals surface area contributed by atoms with Gasteiger partial charge in [0.05, 0.1) is 0 Å². The van der Waals surface area contributed by atoms with Crippen LogP contribution in [0.1, 0.15) is 25.7 Å². The van der Waals surface area contributed by atoms with Gasteiger partial charge >= 0.3 is 0 Å². The van der Waals surface area contributed by atoms with Gasteiger partial charge in [-0.1, -0.05) is 0 Å². The Kier molecular flexibility index (Phi) is 4.06. The second-order valence-electron chi connectivity index (χ2n) is 5.21. The standard InChI is InChI=1S/C15H19NO4/c17-15(4-1-11-5-7-18-8-6-11)16-12-2-3-13-14(9-12)20-10-19-13/h2-3,9,11H,1,4-8,10H2,(H,16,17). The minimum Gasteiger partial charge on any atom is -0.454 e. The van der Waals surface area contributed by atoms with Crippen molar-refractivity contribution in [2.45, 2.75) is 25.7 Å². The number of rotatable bonds is 4. The summed E-state index contributed by atoms with van der Waals surface area (Å²) in [6, 6.07) is 5.45. The van der Waals surface area contributed by atoms with Crippen LogP contribution in [-0.2, 0) is 9.53 Å². The van der Waals surface area contributed by atoms with Crippen molar-refractivity contribution in [1.29, 1.82) is 0 Å². The molecule has 0 unspecified atom stereocenters. The lowest BCUT2D eigenvalue weighted by atomic mass is 9.95. The van der Waals surface area contributed by atoms with E-state index >= 15 is 0 Å². The minimum atomic E-state index is 0.0513. The first kappa shape index (κ1) is 13.2. The summed E-state index contributed by atoms with van der Waals surface area (Å²) in [7, 11) is 0. The van der Waals surface area contributed by atoms with Gasteiger partial charge in [0.15, 0.2) is 11.5 Å². The van der Waals surface area contributed by atoms with Gasteiger partial charge in [-0.2, -0.15) is 0 Å². The van der Waals surface area contributed by atoms with Gasteiger partial charge in [-0.3, -0.25) is 4.79 Å². The maximum atomic E-state index is 11.9. The van der Waals surface area contributed by atoms with Crippen LogP contribution >= 0.6 is 0 Å². The third-order valence-electron chi connectivity index (χ3n) is 3.78. The average molecular weight is 277 g/mol. The van der Waals surface area contributed by atoms with Crippen LogP contribution in [0.3, 0.4) is 0 Å². The Bertz CT molecular complexity index is 483. The number of amides is 1. The predicted molar refractivity (Wildman–Crippen MR) is 74.0 cm³/mol. The van der Waals surface area contributed by atoms with E-state index in [1.54, 1.807) is 6.07 Å². The molecule has 5 nitrogen and oxygen atoms in total. The molecule has 1 N–H and O–H groups in total. The number of ether oxygens (including phenoxy) is 3. The summed E-state index contributed by atoms with van der Waals surface area (Å²) in [6.07, 6.45) is 3.62. The Morgan fingerprint density at radius 2 is 2.00 bits per heavy atom. The fourth-order valence-corrected chi connectivity index (χ4v) is 2.57. The number of carbonyl (C=O) groups excluding carboxylic acids is 1. The lowest BCUT2D eigenvalue weighted by molar-refractivity contribution is -0.116. The number of hydrogen-bond acceptors (Lipinski definition) is 4. The van der Waals surface area contributed by atoms with Crippen LogP contribution in [0.25, 0.3) is 0 Å². The molecule has 20 heavy (non-hydrogen) atoms. The Labute approximate surface area is 118 Å². The second kappa shape index (κ2) is 6.13. The van der Waals surface area contributed by atoms with E-state index in [0.717, 1.165) is 43.9 Å². The number of benzene rings is 1. The van der Waals surface area contributed by atoms with E-state index in [-0.39, 0.29) is 12.7 Å². The van der Waals surface area contributed by atoms with E-state index in [4.69, 9.17) is 14.2 Å². The fourth-order valence-electron chi connectivity index (χ4n) is 2.57. The highest BCUT2D eigenvalue weighted by Crippen LogP contribution is 2.34. The van der Waals surface area contributed by atoms with Crippen LogP contribution in [0.2, 0.25) is 0 Å². The predicted octanol–water partition coefficient (Wildman–Crippen LogP) is 2.56. The molecule has 108 valence electrons. The zero-order chi connectivity index (χ0) is 13.8. The summed E-state index contributed by atoms with van der Waals surface area (Å²) < 4.78 is 15.8. The molecule has 0 atom stereocenters. The molecule has 1 aromatic carbocycles. The van der Waals surface area contributed by atoms with E-state index in [9.17, 15) is 4.79 Å². The maximum Gasteiger partial charge on any atom is 0.231 e. The van der Waals surface area contributed by atoms with Gasteiger partial charge in [-0.25, -0.2) is 0 Å². The maximum absolute atomic E-state index is 11.9. The van der Waals surface area contributed by atoms with Gasteiger partial charge in [0.1, 0.15) is 0 Å². The van der Waals surface area contributed by atoms with Gasteiger partial charge in [-0.05, 0) is 37.3 Å². The fraction of sp³-hybridized carbons (Fsp3) is 0.533. The van der Waals surface area contributed by atoms with Crippen molar-refractivity contribution < 1.29 is 19.0 Å². The van der Waals surface area contributed by atoms with Crippen molar-refractivity contribution in [3.05, 3.63) is 18.2 Å². The molecule has 0 aliphatic carbocycles. The molecule has 2 aliphatic heterocycles. The van der Waals surface area contributed by atoms with E-state index < -0.39 is 0 Å². The molecule has 3 rings (SSSR count). The molecule has 0 saturated carbocycles. The minimum absolute atomic E-state index is 0.0513. The van der Waals surface area contributed by atoms with Crippen LogP contribution in [0.5, 0.6) is 11.5 Å². The van der Waals surface area contributed by atoms with E-state index in [0.29, 0.717) is 18.1 Å². The number of hydrogen-bond donors (Lipinski definition) is 1. The van der Waals surface area contributed by atoms with Crippen LogP contribution in [0.15, 0.2) is 18.2 Å². The summed E-state index contributed by atoms with van der Waals surface area (Å²) >= 11 is 0. The van der Waals surface area contributed by atoms with Gasteiger partial charge in [-0.15, -0.1) is 0 Å². The number of fused-ring (bicyclic) bond motifs is 1. The van der Waals surface area contributed by atoms with Crippen molar-refractivity contribution in [1.82, 2.24) is 0 Å². The molecule has 1 saturated heterocycles. The lowest BCUT2D eigenvalue weighted by Crippen LogP contribution is -2.18. The molecule has 0 aromatic heterocycles. The Balaban J connectivity index is 1.48. The number of nitrogens with one attached hydrogen (secondary N) is 1. The lowest BCUT2D eigenvalue weighted by Gasteiger charge is -2.21. The summed E-state index contributed by atoms with van der Waals surface area (Å²) in [5, 5.41) is 2.91. The Morgan fingerprint density at radius 1 is 1.20 bits per heavy atom. The molecular formula is C15H19NO4. The molecule has 2 aliphatic rings. The number of carbonyl (C=O) groups is 1. The van der Waals surface area contributed by atoms with Gasteiger partial charge in [0.25, 0.3) is 0 Å².